The Bertz CT molecular complexity index is 1050. The van der Waals surface area contributed by atoms with Crippen molar-refractivity contribution in [3.63, 3.8) is 0 Å². The average molecular weight is 376 g/mol. The van der Waals surface area contributed by atoms with Gasteiger partial charge in [-0.15, -0.1) is 0 Å². The molecule has 1 atom stereocenters. The number of benzene rings is 1. The first kappa shape index (κ1) is 18.2. The molecule has 0 bridgehead atoms. The van der Waals surface area contributed by atoms with E-state index in [9.17, 15) is 9.59 Å². The number of nitrogens with one attached hydrogen (secondary N) is 1. The van der Waals surface area contributed by atoms with Crippen LogP contribution < -0.4 is 5.56 Å². The minimum atomic E-state index is -0.153. The van der Waals surface area contributed by atoms with Gasteiger partial charge in [-0.05, 0) is 44.9 Å². The summed E-state index contributed by atoms with van der Waals surface area (Å²) in [4.78, 5) is 33.7. The van der Waals surface area contributed by atoms with E-state index in [1.165, 1.54) is 6.33 Å². The van der Waals surface area contributed by atoms with Gasteiger partial charge in [0.05, 0.1) is 17.6 Å². The van der Waals surface area contributed by atoms with Crippen molar-refractivity contribution in [3.05, 3.63) is 81.8 Å². The Balaban J connectivity index is 1.60. The maximum atomic E-state index is 13.3. The van der Waals surface area contributed by atoms with Crippen molar-refractivity contribution in [2.45, 2.75) is 32.6 Å². The van der Waals surface area contributed by atoms with Crippen LogP contribution in [-0.2, 0) is 0 Å². The minimum absolute atomic E-state index is 0.0461. The van der Waals surface area contributed by atoms with Crippen LogP contribution in [0.1, 0.15) is 46.2 Å². The number of para-hydroxylation sites is 1. The molecule has 1 amide bonds. The van der Waals surface area contributed by atoms with Gasteiger partial charge >= 0.3 is 0 Å². The van der Waals surface area contributed by atoms with E-state index < -0.39 is 0 Å². The lowest BCUT2D eigenvalue weighted by Gasteiger charge is -2.32. The number of hydrogen-bond acceptors (Lipinski definition) is 3. The van der Waals surface area contributed by atoms with Crippen LogP contribution in [0, 0.1) is 13.8 Å². The number of H-pyrrole nitrogens is 1. The van der Waals surface area contributed by atoms with Crippen molar-refractivity contribution >= 4 is 5.91 Å². The maximum Gasteiger partial charge on any atom is 0.255 e. The summed E-state index contributed by atoms with van der Waals surface area (Å²) in [5.74, 6) is 0.141. The average Bonchev–Trinajstić information content (AvgIpc) is 3.02. The Morgan fingerprint density at radius 1 is 1.18 bits per heavy atom. The first-order valence-corrected chi connectivity index (χ1v) is 9.63. The Morgan fingerprint density at radius 3 is 2.71 bits per heavy atom. The predicted molar refractivity (Wildman–Crippen MR) is 108 cm³/mol. The van der Waals surface area contributed by atoms with Crippen molar-refractivity contribution < 1.29 is 4.79 Å². The lowest BCUT2D eigenvalue weighted by Crippen LogP contribution is -2.39. The summed E-state index contributed by atoms with van der Waals surface area (Å²) in [6.45, 7) is 5.33. The number of carbonyl (C=O) groups is 1. The largest absolute Gasteiger partial charge is 0.338 e. The molecule has 0 radical (unpaired) electrons. The molecule has 28 heavy (non-hydrogen) atoms. The number of aromatic amines is 1. The van der Waals surface area contributed by atoms with Crippen LogP contribution in [-0.4, -0.2) is 38.4 Å². The number of aromatic nitrogens is 3. The molecule has 1 fully saturated rings. The number of rotatable bonds is 3. The molecule has 3 heterocycles. The van der Waals surface area contributed by atoms with Crippen molar-refractivity contribution in [2.75, 3.05) is 13.1 Å². The summed E-state index contributed by atoms with van der Waals surface area (Å²) in [6, 6.07) is 13.6. The smallest absolute Gasteiger partial charge is 0.255 e. The maximum absolute atomic E-state index is 13.3. The standard InChI is InChI=1S/C22H24N4O2/c1-15-11-19(16(2)26(15)18-8-4-3-5-9-18)22(28)25-10-6-7-17(13-25)20-12-21(27)24-14-23-20/h3-5,8-9,11-12,14,17H,6-7,10,13H2,1-2H3,(H,23,24,27)/t17-/m1/s1. The van der Waals surface area contributed by atoms with E-state index >= 15 is 0 Å². The van der Waals surface area contributed by atoms with E-state index in [0.717, 1.165) is 47.7 Å². The third kappa shape index (κ3) is 3.38. The van der Waals surface area contributed by atoms with Gasteiger partial charge < -0.3 is 14.5 Å². The lowest BCUT2D eigenvalue weighted by atomic mass is 9.94. The molecule has 0 spiro atoms. The summed E-state index contributed by atoms with van der Waals surface area (Å²) in [6.07, 6.45) is 3.28. The molecule has 6 heteroatoms. The molecule has 2 aromatic heterocycles. The van der Waals surface area contributed by atoms with Crippen molar-refractivity contribution in [1.29, 1.82) is 0 Å². The van der Waals surface area contributed by atoms with Gasteiger partial charge in [-0.1, -0.05) is 18.2 Å². The number of hydrogen-bond donors (Lipinski definition) is 1. The number of nitrogens with zero attached hydrogens (tertiary/aromatic N) is 3. The first-order chi connectivity index (χ1) is 13.5. The van der Waals surface area contributed by atoms with Gasteiger partial charge in [0.25, 0.3) is 11.5 Å². The second kappa shape index (κ2) is 7.46. The van der Waals surface area contributed by atoms with Crippen LogP contribution in [0.4, 0.5) is 0 Å². The molecule has 0 unspecified atom stereocenters. The second-order valence-corrected chi connectivity index (χ2v) is 7.38. The third-order valence-corrected chi connectivity index (χ3v) is 5.50. The molecular formula is C22H24N4O2. The van der Waals surface area contributed by atoms with Crippen LogP contribution in [0.3, 0.4) is 0 Å². The van der Waals surface area contributed by atoms with Crippen LogP contribution in [0.2, 0.25) is 0 Å². The zero-order chi connectivity index (χ0) is 19.7. The van der Waals surface area contributed by atoms with Gasteiger partial charge in [0, 0.05) is 42.1 Å². The number of piperidine rings is 1. The summed E-state index contributed by atoms with van der Waals surface area (Å²) in [5.41, 5.74) is 4.39. The Labute approximate surface area is 163 Å². The molecule has 1 aromatic carbocycles. The molecule has 4 rings (SSSR count). The number of carbonyl (C=O) groups excluding carboxylic acids is 1. The zero-order valence-corrected chi connectivity index (χ0v) is 16.2. The Hall–Kier alpha value is -3.15. The van der Waals surface area contributed by atoms with Gasteiger partial charge in [-0.2, -0.15) is 0 Å². The van der Waals surface area contributed by atoms with E-state index in [-0.39, 0.29) is 17.4 Å². The molecule has 144 valence electrons. The van der Waals surface area contributed by atoms with E-state index in [0.29, 0.717) is 6.54 Å². The lowest BCUT2D eigenvalue weighted by molar-refractivity contribution is 0.0705. The second-order valence-electron chi connectivity index (χ2n) is 7.38. The molecule has 1 N–H and O–H groups in total. The summed E-state index contributed by atoms with van der Waals surface area (Å²) in [7, 11) is 0. The first-order valence-electron chi connectivity index (χ1n) is 9.63. The van der Waals surface area contributed by atoms with Gasteiger partial charge in [0.2, 0.25) is 0 Å². The highest BCUT2D eigenvalue weighted by Crippen LogP contribution is 2.28. The van der Waals surface area contributed by atoms with Gasteiger partial charge in [0.1, 0.15) is 0 Å². The molecule has 6 nitrogen and oxygen atoms in total. The number of likely N-dealkylation sites (tertiary alicyclic amines) is 1. The highest BCUT2D eigenvalue weighted by Gasteiger charge is 2.28. The third-order valence-electron chi connectivity index (χ3n) is 5.50. The molecule has 1 aliphatic heterocycles. The molecule has 3 aromatic rings. The van der Waals surface area contributed by atoms with Crippen LogP contribution in [0.15, 0.2) is 53.6 Å². The molecule has 0 saturated carbocycles. The van der Waals surface area contributed by atoms with Crippen LogP contribution in [0.5, 0.6) is 0 Å². The highest BCUT2D eigenvalue weighted by atomic mass is 16.2. The monoisotopic (exact) mass is 376 g/mol. The minimum Gasteiger partial charge on any atom is -0.338 e. The van der Waals surface area contributed by atoms with Gasteiger partial charge in [0.15, 0.2) is 0 Å². The van der Waals surface area contributed by atoms with Crippen LogP contribution >= 0.6 is 0 Å². The van der Waals surface area contributed by atoms with Gasteiger partial charge in [-0.3, -0.25) is 9.59 Å². The summed E-state index contributed by atoms with van der Waals surface area (Å²) < 4.78 is 2.12. The van der Waals surface area contributed by atoms with Crippen molar-refractivity contribution in [2.24, 2.45) is 0 Å². The van der Waals surface area contributed by atoms with Crippen LogP contribution in [0.25, 0.3) is 5.69 Å². The molecule has 0 aliphatic carbocycles. The topological polar surface area (TPSA) is 71.0 Å². The number of amides is 1. The molecular weight excluding hydrogens is 352 g/mol. The molecule has 1 saturated heterocycles. The van der Waals surface area contributed by atoms with Crippen molar-refractivity contribution in [1.82, 2.24) is 19.4 Å². The molecule has 1 aliphatic rings. The predicted octanol–water partition coefficient (Wildman–Crippen LogP) is 3.20. The van der Waals surface area contributed by atoms with E-state index in [1.54, 1.807) is 6.07 Å². The van der Waals surface area contributed by atoms with Gasteiger partial charge in [-0.25, -0.2) is 4.98 Å². The van der Waals surface area contributed by atoms with E-state index in [4.69, 9.17) is 0 Å². The quantitative estimate of drug-likeness (QED) is 0.763. The summed E-state index contributed by atoms with van der Waals surface area (Å²) >= 11 is 0. The SMILES string of the molecule is Cc1cc(C(=O)N2CCC[C@@H](c3cc(=O)[nH]cn3)C2)c(C)n1-c1ccccc1. The Morgan fingerprint density at radius 2 is 1.96 bits per heavy atom. The highest BCUT2D eigenvalue weighted by molar-refractivity contribution is 5.96. The Kier molecular flexibility index (Phi) is 4.86. The fourth-order valence-electron chi connectivity index (χ4n) is 4.13. The normalized spacial score (nSPS) is 16.9. The fourth-order valence-corrected chi connectivity index (χ4v) is 4.13. The number of aryl methyl sites for hydroxylation is 1. The summed E-state index contributed by atoms with van der Waals surface area (Å²) in [5, 5.41) is 0. The zero-order valence-electron chi connectivity index (χ0n) is 16.2. The van der Waals surface area contributed by atoms with E-state index in [1.807, 2.05) is 55.1 Å². The van der Waals surface area contributed by atoms with E-state index in [2.05, 4.69) is 14.5 Å². The fraction of sp³-hybridized carbons (Fsp3) is 0.318. The van der Waals surface area contributed by atoms with Crippen molar-refractivity contribution in [3.8, 4) is 5.69 Å².